The maximum absolute atomic E-state index is 12.9. The van der Waals surface area contributed by atoms with Crippen LogP contribution in [-0.2, 0) is 11.2 Å². The van der Waals surface area contributed by atoms with Crippen molar-refractivity contribution in [1.82, 2.24) is 9.97 Å². The first-order valence-electron chi connectivity index (χ1n) is 5.93. The lowest BCUT2D eigenvalue weighted by Gasteiger charge is -2.08. The molecule has 98 valence electrons. The first-order chi connectivity index (χ1) is 8.61. The van der Waals surface area contributed by atoms with E-state index in [2.05, 4.69) is 9.97 Å². The minimum absolute atomic E-state index is 0.130. The minimum atomic E-state index is -2.80. The van der Waals surface area contributed by atoms with Crippen molar-refractivity contribution in [3.05, 3.63) is 23.3 Å². The van der Waals surface area contributed by atoms with Gasteiger partial charge in [0, 0.05) is 12.6 Å². The van der Waals surface area contributed by atoms with Gasteiger partial charge in [0.25, 0.3) is 6.43 Å². The first kappa shape index (κ1) is 12.9. The van der Waals surface area contributed by atoms with E-state index < -0.39 is 18.1 Å². The van der Waals surface area contributed by atoms with Crippen molar-refractivity contribution < 1.29 is 18.3 Å². The van der Waals surface area contributed by atoms with Crippen LogP contribution >= 0.6 is 0 Å². The quantitative estimate of drug-likeness (QED) is 0.760. The number of rotatable bonds is 5. The molecule has 1 fully saturated rings. The van der Waals surface area contributed by atoms with Crippen LogP contribution in [0.5, 0.6) is 0 Å². The predicted octanol–water partition coefficient (Wildman–Crippen LogP) is 2.54. The molecule has 0 N–H and O–H groups in total. The first-order valence-corrected chi connectivity index (χ1v) is 5.93. The van der Waals surface area contributed by atoms with Crippen molar-refractivity contribution in [2.75, 3.05) is 6.61 Å². The Labute approximate surface area is 103 Å². The summed E-state index contributed by atoms with van der Waals surface area (Å²) in [7, 11) is 0. The summed E-state index contributed by atoms with van der Waals surface area (Å²) in [4.78, 5) is 19.2. The molecule has 0 bridgehead atoms. The van der Waals surface area contributed by atoms with Gasteiger partial charge in [-0.05, 0) is 25.7 Å². The molecule has 0 spiro atoms. The Balaban J connectivity index is 2.24. The molecule has 0 saturated heterocycles. The number of aromatic nitrogens is 2. The maximum atomic E-state index is 12.9. The van der Waals surface area contributed by atoms with Crippen LogP contribution in [0.15, 0.2) is 6.20 Å². The molecule has 1 aliphatic rings. The third kappa shape index (κ3) is 3.00. The molecule has 1 saturated carbocycles. The minimum Gasteiger partial charge on any atom is -0.462 e. The molecule has 6 heteroatoms. The molecular formula is C12H14F2N2O2. The highest BCUT2D eigenvalue weighted by Crippen LogP contribution is 2.32. The Hall–Kier alpha value is -1.59. The molecule has 0 unspecified atom stereocenters. The average Bonchev–Trinajstić information content (AvgIpc) is 3.13. The Morgan fingerprint density at radius 2 is 2.28 bits per heavy atom. The lowest BCUT2D eigenvalue weighted by atomic mass is 10.2. The summed E-state index contributed by atoms with van der Waals surface area (Å²) < 4.78 is 30.4. The number of carbonyl (C=O) groups excluding carboxylic acids is 1. The fourth-order valence-electron chi connectivity index (χ4n) is 1.64. The molecule has 1 aromatic heterocycles. The zero-order valence-corrected chi connectivity index (χ0v) is 10.0. The summed E-state index contributed by atoms with van der Waals surface area (Å²) in [6, 6.07) is 0. The molecule has 0 aromatic carbocycles. The number of alkyl halides is 2. The van der Waals surface area contributed by atoms with Gasteiger partial charge in [-0.15, -0.1) is 0 Å². The van der Waals surface area contributed by atoms with Gasteiger partial charge in [-0.25, -0.2) is 23.5 Å². The largest absolute Gasteiger partial charge is 0.462 e. The Morgan fingerprint density at radius 3 is 2.83 bits per heavy atom. The van der Waals surface area contributed by atoms with Gasteiger partial charge < -0.3 is 4.74 Å². The van der Waals surface area contributed by atoms with Crippen molar-refractivity contribution in [3.63, 3.8) is 0 Å². The highest BCUT2D eigenvalue weighted by atomic mass is 19.3. The van der Waals surface area contributed by atoms with E-state index in [1.165, 1.54) is 0 Å². The van der Waals surface area contributed by atoms with Crippen LogP contribution in [0, 0.1) is 5.92 Å². The summed E-state index contributed by atoms with van der Waals surface area (Å²) in [5.41, 5.74) is -0.773. The molecule has 18 heavy (non-hydrogen) atoms. The van der Waals surface area contributed by atoms with Crippen LogP contribution in [0.2, 0.25) is 0 Å². The second kappa shape index (κ2) is 5.37. The van der Waals surface area contributed by atoms with Crippen molar-refractivity contribution in [2.45, 2.75) is 32.6 Å². The Bertz CT molecular complexity index is 448. The van der Waals surface area contributed by atoms with Crippen LogP contribution in [0.3, 0.4) is 0 Å². The second-order valence-corrected chi connectivity index (χ2v) is 4.25. The topological polar surface area (TPSA) is 52.1 Å². The molecule has 0 radical (unpaired) electrons. The Morgan fingerprint density at radius 1 is 1.56 bits per heavy atom. The molecule has 4 nitrogen and oxygen atoms in total. The molecule has 0 amide bonds. The van der Waals surface area contributed by atoms with E-state index in [0.717, 1.165) is 19.0 Å². The molecule has 0 aliphatic heterocycles. The fourth-order valence-corrected chi connectivity index (χ4v) is 1.64. The molecule has 1 aliphatic carbocycles. The average molecular weight is 256 g/mol. The molecule has 1 aromatic rings. The second-order valence-electron chi connectivity index (χ2n) is 4.25. The summed E-state index contributed by atoms with van der Waals surface area (Å²) in [5.74, 6) is 0.0792. The molecular weight excluding hydrogens is 242 g/mol. The van der Waals surface area contributed by atoms with E-state index in [0.29, 0.717) is 18.2 Å². The van der Waals surface area contributed by atoms with Gasteiger partial charge in [-0.3, -0.25) is 0 Å². The number of carbonyl (C=O) groups is 1. The normalized spacial score (nSPS) is 14.9. The molecule has 2 rings (SSSR count). The fraction of sp³-hybridized carbons (Fsp3) is 0.583. The maximum Gasteiger partial charge on any atom is 0.341 e. The van der Waals surface area contributed by atoms with Crippen molar-refractivity contribution in [1.29, 1.82) is 0 Å². The highest BCUT2D eigenvalue weighted by Gasteiger charge is 2.26. The van der Waals surface area contributed by atoms with Crippen molar-refractivity contribution >= 4 is 5.97 Å². The number of ether oxygens (including phenoxy) is 1. The third-order valence-corrected chi connectivity index (χ3v) is 2.74. The zero-order chi connectivity index (χ0) is 13.1. The van der Waals surface area contributed by atoms with Crippen LogP contribution < -0.4 is 0 Å². The van der Waals surface area contributed by atoms with E-state index in [1.54, 1.807) is 6.92 Å². The van der Waals surface area contributed by atoms with Gasteiger partial charge in [0.15, 0.2) is 0 Å². The van der Waals surface area contributed by atoms with E-state index in [4.69, 9.17) is 4.74 Å². The number of hydrogen-bond acceptors (Lipinski definition) is 4. The lowest BCUT2D eigenvalue weighted by Crippen LogP contribution is -2.13. The van der Waals surface area contributed by atoms with Gasteiger partial charge in [0.05, 0.1) is 6.61 Å². The molecule has 1 heterocycles. The van der Waals surface area contributed by atoms with Gasteiger partial charge in [0.2, 0.25) is 0 Å². The van der Waals surface area contributed by atoms with Crippen molar-refractivity contribution in [3.8, 4) is 0 Å². The van der Waals surface area contributed by atoms with E-state index in [-0.39, 0.29) is 12.2 Å². The third-order valence-electron chi connectivity index (χ3n) is 2.74. The summed E-state index contributed by atoms with van der Waals surface area (Å²) >= 11 is 0. The van der Waals surface area contributed by atoms with Crippen LogP contribution in [0.25, 0.3) is 0 Å². The van der Waals surface area contributed by atoms with Crippen molar-refractivity contribution in [2.24, 2.45) is 5.92 Å². The van der Waals surface area contributed by atoms with Gasteiger partial charge in [-0.2, -0.15) is 0 Å². The van der Waals surface area contributed by atoms with E-state index in [9.17, 15) is 13.6 Å². The molecule has 0 atom stereocenters. The van der Waals surface area contributed by atoms with Gasteiger partial charge in [-0.1, -0.05) is 0 Å². The monoisotopic (exact) mass is 256 g/mol. The zero-order valence-electron chi connectivity index (χ0n) is 10.0. The standard InChI is InChI=1S/C12H14F2N2O2/c1-2-18-12(17)8-6-15-9(5-7-3-4-7)16-10(8)11(13)14/h6-7,11H,2-5H2,1H3. The number of esters is 1. The highest BCUT2D eigenvalue weighted by molar-refractivity contribution is 5.90. The van der Waals surface area contributed by atoms with Crippen LogP contribution in [0.4, 0.5) is 8.78 Å². The SMILES string of the molecule is CCOC(=O)c1cnc(CC2CC2)nc1C(F)F. The van der Waals surface area contributed by atoms with Gasteiger partial charge in [0.1, 0.15) is 17.1 Å². The number of hydrogen-bond donors (Lipinski definition) is 0. The van der Waals surface area contributed by atoms with Gasteiger partial charge >= 0.3 is 5.97 Å². The summed E-state index contributed by atoms with van der Waals surface area (Å²) in [6.07, 6.45) is 1.12. The predicted molar refractivity (Wildman–Crippen MR) is 59.4 cm³/mol. The van der Waals surface area contributed by atoms with E-state index >= 15 is 0 Å². The number of halogens is 2. The summed E-state index contributed by atoms with van der Waals surface area (Å²) in [6.45, 7) is 1.74. The smallest absolute Gasteiger partial charge is 0.341 e. The van der Waals surface area contributed by atoms with E-state index in [1.807, 2.05) is 0 Å². The van der Waals surface area contributed by atoms with Crippen LogP contribution in [0.1, 0.15) is 48.1 Å². The number of nitrogens with zero attached hydrogens (tertiary/aromatic N) is 2. The van der Waals surface area contributed by atoms with Crippen LogP contribution in [-0.4, -0.2) is 22.5 Å². The summed E-state index contributed by atoms with van der Waals surface area (Å²) in [5, 5.41) is 0. The Kier molecular flexibility index (Phi) is 3.84. The lowest BCUT2D eigenvalue weighted by molar-refractivity contribution is 0.0512.